The molecular weight excluding hydrogens is 176 g/mol. The summed E-state index contributed by atoms with van der Waals surface area (Å²) in [7, 11) is 2.56. The van der Waals surface area contributed by atoms with Gasteiger partial charge in [-0.15, -0.1) is 0 Å². The van der Waals surface area contributed by atoms with Gasteiger partial charge in [0.1, 0.15) is 10.5 Å². The highest BCUT2D eigenvalue weighted by Crippen LogP contribution is 2.08. The molecule has 0 unspecified atom stereocenters. The van der Waals surface area contributed by atoms with Gasteiger partial charge in [-0.1, -0.05) is 38.1 Å². The zero-order valence-corrected chi connectivity index (χ0v) is 11.1. The topological polar surface area (TPSA) is 9.23 Å². The highest BCUT2D eigenvalue weighted by Gasteiger charge is 1.93. The zero-order valence-electron chi connectivity index (χ0n) is 9.13. The molecule has 1 rings (SSSR count). The highest BCUT2D eigenvalue weighted by molar-refractivity contribution is 5.97. The standard InChI is InChI=1S/C10H14.CH6OSi/c1-3-9-7-5-6-8-10(9)4-2;1-2-3/h5-8H,3-4H2,1-2H3;1,3H3. The Balaban J connectivity index is 0.000000424. The summed E-state index contributed by atoms with van der Waals surface area (Å²) in [6.07, 6.45) is 2.31. The summed E-state index contributed by atoms with van der Waals surface area (Å²) in [4.78, 5) is 0. The van der Waals surface area contributed by atoms with E-state index in [-0.39, 0.29) is 0 Å². The van der Waals surface area contributed by atoms with Crippen molar-refractivity contribution in [3.8, 4) is 0 Å². The van der Waals surface area contributed by atoms with Crippen molar-refractivity contribution in [2.24, 2.45) is 0 Å². The SMILES string of the molecule is CCc1ccccc1CC.CO[SiH3]. The van der Waals surface area contributed by atoms with E-state index >= 15 is 0 Å². The Morgan fingerprint density at radius 2 is 1.38 bits per heavy atom. The first-order chi connectivity index (χ1) is 6.29. The lowest BCUT2D eigenvalue weighted by Crippen LogP contribution is -1.88. The minimum absolute atomic E-state index is 0.869. The molecule has 0 bridgehead atoms. The van der Waals surface area contributed by atoms with Crippen molar-refractivity contribution in [3.05, 3.63) is 35.4 Å². The second kappa shape index (κ2) is 8.02. The van der Waals surface area contributed by atoms with Gasteiger partial charge in [-0.05, 0) is 24.0 Å². The van der Waals surface area contributed by atoms with Gasteiger partial charge in [-0.25, -0.2) is 0 Å². The van der Waals surface area contributed by atoms with Crippen molar-refractivity contribution in [1.82, 2.24) is 0 Å². The molecule has 1 aromatic carbocycles. The Morgan fingerprint density at radius 3 is 1.62 bits per heavy atom. The number of hydrogen-bond acceptors (Lipinski definition) is 1. The monoisotopic (exact) mass is 196 g/mol. The Labute approximate surface area is 84.7 Å². The summed E-state index contributed by atoms with van der Waals surface area (Å²) in [6.45, 7) is 4.41. The third-order valence-electron chi connectivity index (χ3n) is 1.88. The molecule has 1 aromatic rings. The summed E-state index contributed by atoms with van der Waals surface area (Å²) in [6, 6.07) is 8.63. The molecule has 0 aliphatic rings. The van der Waals surface area contributed by atoms with Crippen LogP contribution in [-0.2, 0) is 17.3 Å². The molecule has 0 radical (unpaired) electrons. The Hall–Kier alpha value is -0.603. The molecule has 0 saturated carbocycles. The van der Waals surface area contributed by atoms with E-state index in [9.17, 15) is 0 Å². The van der Waals surface area contributed by atoms with Crippen LogP contribution in [0.1, 0.15) is 25.0 Å². The lowest BCUT2D eigenvalue weighted by molar-refractivity contribution is 0.460. The van der Waals surface area contributed by atoms with E-state index in [0.717, 1.165) is 23.3 Å². The maximum atomic E-state index is 4.39. The predicted octanol–water partition coefficient (Wildman–Crippen LogP) is 1.72. The van der Waals surface area contributed by atoms with E-state index < -0.39 is 0 Å². The first-order valence-corrected chi connectivity index (χ1v) is 5.58. The van der Waals surface area contributed by atoms with Crippen LogP contribution >= 0.6 is 0 Å². The fourth-order valence-corrected chi connectivity index (χ4v) is 1.25. The van der Waals surface area contributed by atoms with E-state index in [1.165, 1.54) is 11.1 Å². The summed E-state index contributed by atoms with van der Waals surface area (Å²) in [5, 5.41) is 0. The summed E-state index contributed by atoms with van der Waals surface area (Å²) in [5.41, 5.74) is 2.98. The van der Waals surface area contributed by atoms with Crippen LogP contribution in [0.4, 0.5) is 0 Å². The molecule has 0 heterocycles. The molecule has 0 N–H and O–H groups in total. The second-order valence-corrected chi connectivity index (χ2v) is 3.70. The van der Waals surface area contributed by atoms with Gasteiger partial charge in [-0.3, -0.25) is 0 Å². The molecule has 13 heavy (non-hydrogen) atoms. The first kappa shape index (κ1) is 12.4. The van der Waals surface area contributed by atoms with Crippen molar-refractivity contribution < 1.29 is 4.43 Å². The first-order valence-electron chi connectivity index (χ1n) is 4.77. The van der Waals surface area contributed by atoms with E-state index in [4.69, 9.17) is 0 Å². The molecule has 0 amide bonds. The average Bonchev–Trinajstić information content (AvgIpc) is 2.19. The molecular formula is C11H20OSi. The fraction of sp³-hybridized carbons (Fsp3) is 0.455. The average molecular weight is 196 g/mol. The van der Waals surface area contributed by atoms with Crippen LogP contribution in [0.3, 0.4) is 0 Å². The maximum absolute atomic E-state index is 4.39. The minimum Gasteiger partial charge on any atom is -0.431 e. The largest absolute Gasteiger partial charge is 0.431 e. The number of rotatable bonds is 2. The Bertz CT molecular complexity index is 200. The zero-order chi connectivity index (χ0) is 10.1. The van der Waals surface area contributed by atoms with Crippen LogP contribution in [0.5, 0.6) is 0 Å². The van der Waals surface area contributed by atoms with Crippen LogP contribution in [0.25, 0.3) is 0 Å². The smallest absolute Gasteiger partial charge is 0.145 e. The van der Waals surface area contributed by atoms with E-state index in [1.54, 1.807) is 7.11 Å². The molecule has 74 valence electrons. The Kier molecular flexibility index (Phi) is 7.64. The third-order valence-corrected chi connectivity index (χ3v) is 1.88. The van der Waals surface area contributed by atoms with Crippen molar-refractivity contribution in [2.75, 3.05) is 7.11 Å². The molecule has 0 aliphatic heterocycles. The summed E-state index contributed by atoms with van der Waals surface area (Å²) < 4.78 is 4.39. The third kappa shape index (κ3) is 4.86. The van der Waals surface area contributed by atoms with Crippen molar-refractivity contribution in [3.63, 3.8) is 0 Å². The lowest BCUT2D eigenvalue weighted by atomic mass is 10.0. The van der Waals surface area contributed by atoms with Gasteiger partial charge in [0, 0.05) is 7.11 Å². The van der Waals surface area contributed by atoms with Gasteiger partial charge in [0.25, 0.3) is 0 Å². The molecule has 0 aromatic heterocycles. The predicted molar refractivity (Wildman–Crippen MR) is 62.1 cm³/mol. The van der Waals surface area contributed by atoms with E-state index in [1.807, 2.05) is 0 Å². The molecule has 0 saturated heterocycles. The molecule has 0 fully saturated rings. The van der Waals surface area contributed by atoms with Crippen molar-refractivity contribution >= 4 is 10.5 Å². The van der Waals surface area contributed by atoms with Gasteiger partial charge in [-0.2, -0.15) is 0 Å². The molecule has 1 nitrogen and oxygen atoms in total. The molecule has 2 heteroatoms. The van der Waals surface area contributed by atoms with Crippen LogP contribution in [0.15, 0.2) is 24.3 Å². The van der Waals surface area contributed by atoms with Gasteiger partial charge in [0.2, 0.25) is 0 Å². The van der Waals surface area contributed by atoms with Gasteiger partial charge in [0.05, 0.1) is 0 Å². The van der Waals surface area contributed by atoms with Crippen molar-refractivity contribution in [2.45, 2.75) is 26.7 Å². The molecule has 0 spiro atoms. The van der Waals surface area contributed by atoms with E-state index in [0.29, 0.717) is 0 Å². The van der Waals surface area contributed by atoms with Crippen LogP contribution in [-0.4, -0.2) is 17.6 Å². The maximum Gasteiger partial charge on any atom is 0.145 e. The fourth-order valence-electron chi connectivity index (χ4n) is 1.25. The van der Waals surface area contributed by atoms with E-state index in [2.05, 4.69) is 42.5 Å². The number of aryl methyl sites for hydroxylation is 2. The Morgan fingerprint density at radius 1 is 1.08 bits per heavy atom. The quantitative estimate of drug-likeness (QED) is 0.655. The van der Waals surface area contributed by atoms with Gasteiger partial charge >= 0.3 is 0 Å². The number of benzene rings is 1. The molecule has 0 atom stereocenters. The normalized spacial score (nSPS) is 9.15. The van der Waals surface area contributed by atoms with Crippen LogP contribution in [0.2, 0.25) is 0 Å². The highest BCUT2D eigenvalue weighted by atomic mass is 28.2. The van der Waals surface area contributed by atoms with Crippen molar-refractivity contribution in [1.29, 1.82) is 0 Å². The second-order valence-electron chi connectivity index (χ2n) is 2.88. The van der Waals surface area contributed by atoms with Crippen LogP contribution in [0, 0.1) is 0 Å². The minimum atomic E-state index is 0.869. The van der Waals surface area contributed by atoms with Gasteiger partial charge < -0.3 is 4.43 Å². The lowest BCUT2D eigenvalue weighted by Gasteiger charge is -2.02. The van der Waals surface area contributed by atoms with Crippen LogP contribution < -0.4 is 0 Å². The number of hydrogen-bond donors (Lipinski definition) is 0. The van der Waals surface area contributed by atoms with Gasteiger partial charge in [0.15, 0.2) is 0 Å². The summed E-state index contributed by atoms with van der Waals surface area (Å²) >= 11 is 0. The molecule has 0 aliphatic carbocycles. The summed E-state index contributed by atoms with van der Waals surface area (Å²) in [5.74, 6) is 0.